The Morgan fingerprint density at radius 2 is 1.94 bits per heavy atom. The first-order valence-electron chi connectivity index (χ1n) is 5.97. The minimum Gasteiger partial charge on any atom is -0.377 e. The first-order chi connectivity index (χ1) is 8.15. The number of hydrogen-bond acceptors (Lipinski definition) is 2. The van der Waals surface area contributed by atoms with Gasteiger partial charge in [0.1, 0.15) is 11.6 Å². The van der Waals surface area contributed by atoms with Crippen molar-refractivity contribution in [2.75, 3.05) is 6.61 Å². The van der Waals surface area contributed by atoms with E-state index in [1.54, 1.807) is 0 Å². The van der Waals surface area contributed by atoms with Crippen LogP contribution in [0, 0.1) is 11.6 Å². The molecule has 0 bridgehead atoms. The van der Waals surface area contributed by atoms with E-state index in [2.05, 4.69) is 0 Å². The molecule has 1 saturated heterocycles. The monoisotopic (exact) mass is 241 g/mol. The maximum absolute atomic E-state index is 13.0. The quantitative estimate of drug-likeness (QED) is 0.882. The van der Waals surface area contributed by atoms with Crippen LogP contribution in [0.2, 0.25) is 0 Å². The zero-order chi connectivity index (χ0) is 12.3. The van der Waals surface area contributed by atoms with Crippen LogP contribution in [0.5, 0.6) is 0 Å². The van der Waals surface area contributed by atoms with E-state index in [4.69, 9.17) is 10.5 Å². The third-order valence-corrected chi connectivity index (χ3v) is 3.09. The fraction of sp³-hybridized carbons (Fsp3) is 0.538. The second kappa shape index (κ2) is 5.56. The molecule has 1 heterocycles. The van der Waals surface area contributed by atoms with Crippen LogP contribution in [0.4, 0.5) is 8.78 Å². The van der Waals surface area contributed by atoms with E-state index >= 15 is 0 Å². The van der Waals surface area contributed by atoms with E-state index in [1.165, 1.54) is 12.1 Å². The van der Waals surface area contributed by atoms with Gasteiger partial charge in [-0.1, -0.05) is 0 Å². The van der Waals surface area contributed by atoms with Crippen LogP contribution >= 0.6 is 0 Å². The molecule has 0 aromatic heterocycles. The number of ether oxygens (including phenoxy) is 1. The molecule has 1 aliphatic heterocycles. The molecule has 4 heteroatoms. The Hall–Kier alpha value is -1.00. The van der Waals surface area contributed by atoms with Gasteiger partial charge in [-0.05, 0) is 43.4 Å². The maximum atomic E-state index is 13.0. The molecule has 0 amide bonds. The second-order valence-electron chi connectivity index (χ2n) is 4.55. The van der Waals surface area contributed by atoms with Crippen LogP contribution in [0.1, 0.15) is 24.8 Å². The third kappa shape index (κ3) is 3.48. The highest BCUT2D eigenvalue weighted by Gasteiger charge is 2.21. The topological polar surface area (TPSA) is 35.2 Å². The molecule has 1 aliphatic rings. The van der Waals surface area contributed by atoms with Crippen molar-refractivity contribution >= 4 is 0 Å². The van der Waals surface area contributed by atoms with Crippen molar-refractivity contribution in [2.24, 2.45) is 5.73 Å². The Morgan fingerprint density at radius 3 is 2.53 bits per heavy atom. The molecule has 1 aromatic carbocycles. The zero-order valence-electron chi connectivity index (χ0n) is 9.66. The fourth-order valence-corrected chi connectivity index (χ4v) is 2.24. The number of rotatable bonds is 3. The summed E-state index contributed by atoms with van der Waals surface area (Å²) in [5, 5.41) is 0. The molecule has 0 aliphatic carbocycles. The Kier molecular flexibility index (Phi) is 4.07. The van der Waals surface area contributed by atoms with Gasteiger partial charge in [-0.15, -0.1) is 0 Å². The minimum atomic E-state index is -0.559. The Bertz CT molecular complexity index is 357. The molecule has 2 N–H and O–H groups in total. The summed E-state index contributed by atoms with van der Waals surface area (Å²) >= 11 is 0. The Labute approximate surface area is 99.8 Å². The summed E-state index contributed by atoms with van der Waals surface area (Å²) in [7, 11) is 0. The number of nitrogens with two attached hydrogens (primary N) is 1. The SMILES string of the molecule is NC(Cc1cc(F)cc(F)c1)C1CCCCO1. The summed E-state index contributed by atoms with van der Waals surface area (Å²) in [5.74, 6) is -1.12. The average Bonchev–Trinajstić information content (AvgIpc) is 2.28. The van der Waals surface area contributed by atoms with Crippen molar-refractivity contribution < 1.29 is 13.5 Å². The van der Waals surface area contributed by atoms with Crippen LogP contribution in [0.3, 0.4) is 0 Å². The lowest BCUT2D eigenvalue weighted by Gasteiger charge is -2.28. The second-order valence-corrected chi connectivity index (χ2v) is 4.55. The van der Waals surface area contributed by atoms with Crippen LogP contribution in [0.25, 0.3) is 0 Å². The van der Waals surface area contributed by atoms with Gasteiger partial charge in [-0.2, -0.15) is 0 Å². The van der Waals surface area contributed by atoms with E-state index in [1.807, 2.05) is 0 Å². The lowest BCUT2D eigenvalue weighted by molar-refractivity contribution is 0.000612. The fourth-order valence-electron chi connectivity index (χ4n) is 2.24. The molecule has 0 saturated carbocycles. The highest BCUT2D eigenvalue weighted by molar-refractivity contribution is 5.19. The van der Waals surface area contributed by atoms with Crippen molar-refractivity contribution in [3.8, 4) is 0 Å². The van der Waals surface area contributed by atoms with Crippen molar-refractivity contribution in [2.45, 2.75) is 37.8 Å². The van der Waals surface area contributed by atoms with Crippen molar-refractivity contribution in [3.63, 3.8) is 0 Å². The molecule has 2 rings (SSSR count). The molecular weight excluding hydrogens is 224 g/mol. The van der Waals surface area contributed by atoms with E-state index < -0.39 is 11.6 Å². The molecule has 0 spiro atoms. The lowest BCUT2D eigenvalue weighted by atomic mass is 9.97. The van der Waals surface area contributed by atoms with Gasteiger partial charge < -0.3 is 10.5 Å². The van der Waals surface area contributed by atoms with Crippen molar-refractivity contribution in [1.82, 2.24) is 0 Å². The molecule has 17 heavy (non-hydrogen) atoms. The first-order valence-corrected chi connectivity index (χ1v) is 5.97. The predicted molar refractivity (Wildman–Crippen MR) is 61.6 cm³/mol. The van der Waals surface area contributed by atoms with Crippen LogP contribution in [0.15, 0.2) is 18.2 Å². The van der Waals surface area contributed by atoms with Crippen LogP contribution in [-0.2, 0) is 11.2 Å². The van der Waals surface area contributed by atoms with Gasteiger partial charge in [0.25, 0.3) is 0 Å². The van der Waals surface area contributed by atoms with E-state index in [0.29, 0.717) is 12.0 Å². The van der Waals surface area contributed by atoms with Gasteiger partial charge in [0.05, 0.1) is 6.10 Å². The summed E-state index contributed by atoms with van der Waals surface area (Å²) in [6.45, 7) is 0.732. The lowest BCUT2D eigenvalue weighted by Crippen LogP contribution is -2.40. The molecule has 1 aromatic rings. The average molecular weight is 241 g/mol. The summed E-state index contributed by atoms with van der Waals surface area (Å²) in [5.41, 5.74) is 6.60. The molecule has 0 radical (unpaired) electrons. The van der Waals surface area contributed by atoms with Crippen LogP contribution in [-0.4, -0.2) is 18.8 Å². The normalized spacial score (nSPS) is 22.4. The van der Waals surface area contributed by atoms with Gasteiger partial charge in [-0.25, -0.2) is 8.78 Å². The molecule has 94 valence electrons. The summed E-state index contributed by atoms with van der Waals surface area (Å²) in [6, 6.07) is 3.32. The standard InChI is InChI=1S/C13H17F2NO/c14-10-5-9(6-11(15)8-10)7-12(16)13-3-1-2-4-17-13/h5-6,8,12-13H,1-4,7,16H2. The smallest absolute Gasteiger partial charge is 0.126 e. The zero-order valence-corrected chi connectivity index (χ0v) is 9.66. The van der Waals surface area contributed by atoms with Gasteiger partial charge in [0.15, 0.2) is 0 Å². The first kappa shape index (κ1) is 12.5. The molecule has 2 nitrogen and oxygen atoms in total. The molecular formula is C13H17F2NO. The summed E-state index contributed by atoms with van der Waals surface area (Å²) in [6.07, 6.45) is 3.56. The van der Waals surface area contributed by atoms with E-state index in [-0.39, 0.29) is 12.1 Å². The van der Waals surface area contributed by atoms with Crippen molar-refractivity contribution in [3.05, 3.63) is 35.4 Å². The molecule has 2 atom stereocenters. The van der Waals surface area contributed by atoms with Crippen LogP contribution < -0.4 is 5.73 Å². The number of halogens is 2. The highest BCUT2D eigenvalue weighted by Crippen LogP contribution is 2.18. The predicted octanol–water partition coefficient (Wildman–Crippen LogP) is 2.40. The van der Waals surface area contributed by atoms with E-state index in [0.717, 1.165) is 31.9 Å². The maximum Gasteiger partial charge on any atom is 0.126 e. The molecule has 1 fully saturated rings. The largest absolute Gasteiger partial charge is 0.377 e. The highest BCUT2D eigenvalue weighted by atomic mass is 19.1. The third-order valence-electron chi connectivity index (χ3n) is 3.09. The Balaban J connectivity index is 1.99. The number of benzene rings is 1. The summed E-state index contributed by atoms with van der Waals surface area (Å²) in [4.78, 5) is 0. The van der Waals surface area contributed by atoms with Crippen molar-refractivity contribution in [1.29, 1.82) is 0 Å². The van der Waals surface area contributed by atoms with Gasteiger partial charge in [-0.3, -0.25) is 0 Å². The number of hydrogen-bond donors (Lipinski definition) is 1. The van der Waals surface area contributed by atoms with Gasteiger partial charge in [0, 0.05) is 18.7 Å². The minimum absolute atomic E-state index is 0.00933. The summed E-state index contributed by atoms with van der Waals surface area (Å²) < 4.78 is 31.6. The Morgan fingerprint density at radius 1 is 1.24 bits per heavy atom. The molecule has 2 unspecified atom stereocenters. The van der Waals surface area contributed by atoms with Gasteiger partial charge >= 0.3 is 0 Å². The van der Waals surface area contributed by atoms with Gasteiger partial charge in [0.2, 0.25) is 0 Å². The van der Waals surface area contributed by atoms with E-state index in [9.17, 15) is 8.78 Å².